The van der Waals surface area contributed by atoms with Gasteiger partial charge in [-0.2, -0.15) is 0 Å². The van der Waals surface area contributed by atoms with Crippen molar-refractivity contribution in [3.63, 3.8) is 0 Å². The molecule has 0 saturated heterocycles. The third-order valence-corrected chi connectivity index (χ3v) is 1.74. The maximum absolute atomic E-state index is 11.9. The Kier molecular flexibility index (Phi) is 2.97. The Labute approximate surface area is 71.2 Å². The molecule has 0 bridgehead atoms. The number of Topliss-reactive ketones (excluding diaryl/α,β-unsaturated/α-hetero) is 1. The van der Waals surface area contributed by atoms with E-state index in [1.807, 2.05) is 0 Å². The minimum absolute atomic E-state index is 0.0433. The van der Waals surface area contributed by atoms with Gasteiger partial charge in [0.2, 0.25) is 0 Å². The van der Waals surface area contributed by atoms with Crippen LogP contribution in [0.4, 0.5) is 4.39 Å². The van der Waals surface area contributed by atoms with Crippen molar-refractivity contribution in [3.05, 3.63) is 35.4 Å². The van der Waals surface area contributed by atoms with Crippen molar-refractivity contribution in [2.45, 2.75) is 13.3 Å². The van der Waals surface area contributed by atoms with Gasteiger partial charge in [-0.3, -0.25) is 9.18 Å². The fourth-order valence-electron chi connectivity index (χ4n) is 1.02. The molecule has 0 spiro atoms. The van der Waals surface area contributed by atoms with E-state index in [1.54, 1.807) is 24.3 Å². The normalized spacial score (nSPS) is 9.83. The zero-order valence-corrected chi connectivity index (χ0v) is 7.01. The highest BCUT2D eigenvalue weighted by Gasteiger charge is 1.97. The van der Waals surface area contributed by atoms with E-state index in [0.29, 0.717) is 12.0 Å². The number of carbonyl (C=O) groups is 1. The number of hydrogen-bond donors (Lipinski definition) is 0. The van der Waals surface area contributed by atoms with Crippen LogP contribution in [0.3, 0.4) is 0 Å². The summed E-state index contributed by atoms with van der Waals surface area (Å²) in [6.07, 6.45) is 0.429. The first-order valence-corrected chi connectivity index (χ1v) is 3.90. The van der Waals surface area contributed by atoms with Crippen molar-refractivity contribution in [1.82, 2.24) is 0 Å². The molecule has 1 rings (SSSR count). The maximum Gasteiger partial charge on any atom is 0.159 e. The Morgan fingerprint density at radius 3 is 2.33 bits per heavy atom. The van der Waals surface area contributed by atoms with E-state index in [4.69, 9.17) is 0 Å². The number of halogens is 1. The lowest BCUT2D eigenvalue weighted by atomic mass is 10.1. The van der Waals surface area contributed by atoms with Crippen LogP contribution in [0.25, 0.3) is 0 Å². The maximum atomic E-state index is 11.9. The quantitative estimate of drug-likeness (QED) is 0.630. The van der Waals surface area contributed by atoms with Crippen molar-refractivity contribution in [3.8, 4) is 0 Å². The molecular weight excluding hydrogens is 155 g/mol. The molecule has 1 aromatic rings. The standard InChI is InChI=1S/C10H11FO/c1-8(12)10-4-2-9(3-5-10)6-7-11/h2-5H,6-7H2,1H3. The van der Waals surface area contributed by atoms with E-state index in [-0.39, 0.29) is 12.5 Å². The van der Waals surface area contributed by atoms with Crippen LogP contribution in [0.1, 0.15) is 22.8 Å². The molecular formula is C10H11FO. The van der Waals surface area contributed by atoms with Crippen LogP contribution in [0.2, 0.25) is 0 Å². The lowest BCUT2D eigenvalue weighted by Gasteiger charge is -1.98. The molecule has 0 aliphatic rings. The average molecular weight is 166 g/mol. The van der Waals surface area contributed by atoms with Crippen LogP contribution in [0.15, 0.2) is 24.3 Å². The van der Waals surface area contributed by atoms with Gasteiger partial charge in [-0.05, 0) is 12.5 Å². The summed E-state index contributed by atoms with van der Waals surface area (Å²) in [5, 5.41) is 0. The van der Waals surface area contributed by atoms with E-state index < -0.39 is 0 Å². The number of rotatable bonds is 3. The van der Waals surface area contributed by atoms with Gasteiger partial charge >= 0.3 is 0 Å². The highest BCUT2D eigenvalue weighted by Crippen LogP contribution is 2.05. The number of alkyl halides is 1. The summed E-state index contributed by atoms with van der Waals surface area (Å²) in [5.74, 6) is 0.0433. The van der Waals surface area contributed by atoms with Crippen molar-refractivity contribution >= 4 is 5.78 Å². The first-order valence-electron chi connectivity index (χ1n) is 3.90. The predicted molar refractivity (Wildman–Crippen MR) is 46.1 cm³/mol. The predicted octanol–water partition coefficient (Wildman–Crippen LogP) is 2.40. The van der Waals surface area contributed by atoms with Gasteiger partial charge in [0.1, 0.15) is 0 Å². The van der Waals surface area contributed by atoms with Gasteiger partial charge in [-0.25, -0.2) is 0 Å². The molecule has 1 nitrogen and oxygen atoms in total. The molecule has 0 N–H and O–H groups in total. The van der Waals surface area contributed by atoms with Gasteiger partial charge in [0.15, 0.2) is 5.78 Å². The second kappa shape index (κ2) is 4.00. The van der Waals surface area contributed by atoms with Crippen LogP contribution in [-0.2, 0) is 6.42 Å². The molecule has 0 fully saturated rings. The average Bonchev–Trinajstić information content (AvgIpc) is 2.06. The number of benzene rings is 1. The second-order valence-electron chi connectivity index (χ2n) is 2.69. The summed E-state index contributed by atoms with van der Waals surface area (Å²) in [6.45, 7) is 1.17. The van der Waals surface area contributed by atoms with Gasteiger partial charge in [0.05, 0.1) is 6.67 Å². The second-order valence-corrected chi connectivity index (χ2v) is 2.69. The summed E-state index contributed by atoms with van der Waals surface area (Å²) in [5.41, 5.74) is 1.61. The Bertz CT molecular complexity index is 264. The Hall–Kier alpha value is -1.18. The zero-order chi connectivity index (χ0) is 8.97. The van der Waals surface area contributed by atoms with Crippen LogP contribution >= 0.6 is 0 Å². The summed E-state index contributed by atoms with van der Waals surface area (Å²) in [7, 11) is 0. The number of aryl methyl sites for hydroxylation is 1. The van der Waals surface area contributed by atoms with Crippen molar-refractivity contribution in [2.75, 3.05) is 6.67 Å². The van der Waals surface area contributed by atoms with E-state index in [9.17, 15) is 9.18 Å². The van der Waals surface area contributed by atoms with Crippen molar-refractivity contribution in [2.24, 2.45) is 0 Å². The highest BCUT2D eigenvalue weighted by atomic mass is 19.1. The Balaban J connectivity index is 2.78. The molecule has 0 amide bonds. The van der Waals surface area contributed by atoms with Crippen LogP contribution < -0.4 is 0 Å². The monoisotopic (exact) mass is 166 g/mol. The van der Waals surface area contributed by atoms with E-state index in [1.165, 1.54) is 6.92 Å². The van der Waals surface area contributed by atoms with Gasteiger partial charge in [0.25, 0.3) is 0 Å². The largest absolute Gasteiger partial charge is 0.295 e. The number of hydrogen-bond acceptors (Lipinski definition) is 1. The zero-order valence-electron chi connectivity index (χ0n) is 7.01. The third kappa shape index (κ3) is 2.16. The molecule has 64 valence electrons. The summed E-state index contributed by atoms with van der Waals surface area (Å²) in [6, 6.07) is 7.04. The SMILES string of the molecule is CC(=O)c1ccc(CCF)cc1. The molecule has 12 heavy (non-hydrogen) atoms. The molecule has 2 heteroatoms. The lowest BCUT2D eigenvalue weighted by molar-refractivity contribution is 0.101. The number of ketones is 1. The number of carbonyl (C=O) groups excluding carboxylic acids is 1. The fraction of sp³-hybridized carbons (Fsp3) is 0.300. The highest BCUT2D eigenvalue weighted by molar-refractivity contribution is 5.93. The van der Waals surface area contributed by atoms with Gasteiger partial charge in [-0.15, -0.1) is 0 Å². The molecule has 1 aromatic carbocycles. The van der Waals surface area contributed by atoms with E-state index in [0.717, 1.165) is 5.56 Å². The van der Waals surface area contributed by atoms with E-state index >= 15 is 0 Å². The molecule has 0 aromatic heterocycles. The molecule has 0 aliphatic heterocycles. The van der Waals surface area contributed by atoms with Gasteiger partial charge in [-0.1, -0.05) is 24.3 Å². The summed E-state index contributed by atoms with van der Waals surface area (Å²) in [4.78, 5) is 10.8. The van der Waals surface area contributed by atoms with Crippen molar-refractivity contribution < 1.29 is 9.18 Å². The summed E-state index contributed by atoms with van der Waals surface area (Å²) >= 11 is 0. The third-order valence-electron chi connectivity index (χ3n) is 1.74. The molecule has 0 saturated carbocycles. The molecule has 0 radical (unpaired) electrons. The first kappa shape index (κ1) is 8.91. The lowest BCUT2D eigenvalue weighted by Crippen LogP contribution is -1.92. The van der Waals surface area contributed by atoms with E-state index in [2.05, 4.69) is 0 Å². The van der Waals surface area contributed by atoms with Crippen LogP contribution in [0, 0.1) is 0 Å². The minimum atomic E-state index is -0.348. The van der Waals surface area contributed by atoms with Gasteiger partial charge < -0.3 is 0 Å². The first-order chi connectivity index (χ1) is 5.74. The topological polar surface area (TPSA) is 17.1 Å². The minimum Gasteiger partial charge on any atom is -0.295 e. The van der Waals surface area contributed by atoms with Gasteiger partial charge in [0, 0.05) is 12.0 Å². The molecule has 0 aliphatic carbocycles. The van der Waals surface area contributed by atoms with Crippen molar-refractivity contribution in [1.29, 1.82) is 0 Å². The fourth-order valence-corrected chi connectivity index (χ4v) is 1.02. The molecule has 0 atom stereocenters. The molecule has 0 unspecified atom stereocenters. The Morgan fingerprint density at radius 2 is 1.92 bits per heavy atom. The summed E-state index contributed by atoms with van der Waals surface area (Å²) < 4.78 is 11.9. The Morgan fingerprint density at radius 1 is 1.33 bits per heavy atom. The smallest absolute Gasteiger partial charge is 0.159 e. The van der Waals surface area contributed by atoms with Crippen LogP contribution in [-0.4, -0.2) is 12.5 Å². The molecule has 0 heterocycles. The van der Waals surface area contributed by atoms with Crippen LogP contribution in [0.5, 0.6) is 0 Å².